The molecule has 0 atom stereocenters. The summed E-state index contributed by atoms with van der Waals surface area (Å²) in [5.74, 6) is 1.56. The maximum Gasteiger partial charge on any atom is 0.149 e. The molecule has 0 unspecified atom stereocenters. The van der Waals surface area contributed by atoms with Gasteiger partial charge in [-0.1, -0.05) is 27.2 Å². The first-order valence-electron chi connectivity index (χ1n) is 11.3. The van der Waals surface area contributed by atoms with Crippen molar-refractivity contribution in [2.24, 2.45) is 11.8 Å². The minimum absolute atomic E-state index is 0.175. The van der Waals surface area contributed by atoms with Crippen LogP contribution in [0.4, 0.5) is 0 Å². The van der Waals surface area contributed by atoms with Gasteiger partial charge in [0.25, 0.3) is 0 Å². The summed E-state index contributed by atoms with van der Waals surface area (Å²) < 4.78 is 0. The summed E-state index contributed by atoms with van der Waals surface area (Å²) in [5, 5.41) is 0. The fourth-order valence-corrected chi connectivity index (χ4v) is 5.19. The van der Waals surface area contributed by atoms with E-state index in [0.717, 1.165) is 31.1 Å². The normalized spacial score (nSPS) is 26.6. The van der Waals surface area contributed by atoms with Gasteiger partial charge in [0.05, 0.1) is 6.54 Å². The van der Waals surface area contributed by atoms with Crippen molar-refractivity contribution in [1.29, 1.82) is 0 Å². The smallest absolute Gasteiger partial charge is 0.149 e. The Labute approximate surface area is 161 Å². The molecule has 0 saturated carbocycles. The van der Waals surface area contributed by atoms with E-state index < -0.39 is 0 Å². The minimum atomic E-state index is 0.175. The van der Waals surface area contributed by atoms with E-state index >= 15 is 0 Å². The highest BCUT2D eigenvalue weighted by Crippen LogP contribution is 2.27. The molecule has 0 radical (unpaired) electrons. The molecule has 26 heavy (non-hydrogen) atoms. The molecule has 4 heteroatoms. The topological polar surface area (TPSA) is 26.8 Å². The zero-order chi connectivity index (χ0) is 18.5. The second-order valence-corrected chi connectivity index (χ2v) is 9.28. The molecule has 3 heterocycles. The summed E-state index contributed by atoms with van der Waals surface area (Å²) in [4.78, 5) is 19.9. The van der Waals surface area contributed by atoms with Crippen LogP contribution in [0.15, 0.2) is 0 Å². The predicted molar refractivity (Wildman–Crippen MR) is 108 cm³/mol. The molecule has 4 nitrogen and oxygen atoms in total. The Balaban J connectivity index is 1.36. The van der Waals surface area contributed by atoms with Crippen LogP contribution in [0, 0.1) is 11.8 Å². The summed E-state index contributed by atoms with van der Waals surface area (Å²) in [5.41, 5.74) is 0. The van der Waals surface area contributed by atoms with E-state index in [2.05, 4.69) is 21.6 Å². The number of hydrogen-bond donors (Lipinski definition) is 0. The lowest BCUT2D eigenvalue weighted by Gasteiger charge is -2.45. The molecular formula is C22H41N3O. The Morgan fingerprint density at radius 2 is 1.27 bits per heavy atom. The fourth-order valence-electron chi connectivity index (χ4n) is 5.19. The van der Waals surface area contributed by atoms with Crippen molar-refractivity contribution in [3.8, 4) is 0 Å². The highest BCUT2D eigenvalue weighted by molar-refractivity contribution is 5.82. The van der Waals surface area contributed by atoms with E-state index in [4.69, 9.17) is 0 Å². The number of nitrogens with zero attached hydrogens (tertiary/aromatic N) is 3. The van der Waals surface area contributed by atoms with E-state index in [-0.39, 0.29) is 5.92 Å². The standard InChI is InChI=1S/C22H41N3O/c1-4-19-5-13-24(14-6-19)21-9-15-25(16-10-21)20-7-11-23(12-8-20)17-22(26)18(2)3/h18-21H,4-17H2,1-3H3. The zero-order valence-electron chi connectivity index (χ0n) is 17.5. The number of carbonyl (C=O) groups excluding carboxylic acids is 1. The van der Waals surface area contributed by atoms with Crippen LogP contribution >= 0.6 is 0 Å². The van der Waals surface area contributed by atoms with Crippen LogP contribution in [0.3, 0.4) is 0 Å². The number of piperidine rings is 3. The second kappa shape index (κ2) is 9.66. The molecule has 3 saturated heterocycles. The highest BCUT2D eigenvalue weighted by Gasteiger charge is 2.31. The summed E-state index contributed by atoms with van der Waals surface area (Å²) in [7, 11) is 0. The quantitative estimate of drug-likeness (QED) is 0.724. The van der Waals surface area contributed by atoms with Crippen molar-refractivity contribution in [2.75, 3.05) is 45.8 Å². The fraction of sp³-hybridized carbons (Fsp3) is 0.955. The average Bonchev–Trinajstić information content (AvgIpc) is 2.69. The molecule has 0 aromatic heterocycles. The molecule has 0 aromatic carbocycles. The van der Waals surface area contributed by atoms with Gasteiger partial charge in [0.2, 0.25) is 0 Å². The van der Waals surface area contributed by atoms with E-state index in [9.17, 15) is 4.79 Å². The third kappa shape index (κ3) is 5.30. The Hall–Kier alpha value is -0.450. The maximum absolute atomic E-state index is 12.0. The van der Waals surface area contributed by atoms with E-state index in [0.29, 0.717) is 12.3 Å². The second-order valence-electron chi connectivity index (χ2n) is 9.28. The van der Waals surface area contributed by atoms with Crippen LogP contribution in [0.5, 0.6) is 0 Å². The van der Waals surface area contributed by atoms with Gasteiger partial charge in [-0.25, -0.2) is 0 Å². The lowest BCUT2D eigenvalue weighted by atomic mass is 9.91. The molecule has 3 rings (SSSR count). The first-order chi connectivity index (χ1) is 12.6. The lowest BCUT2D eigenvalue weighted by Crippen LogP contribution is -2.52. The van der Waals surface area contributed by atoms with Gasteiger partial charge in [-0.15, -0.1) is 0 Å². The van der Waals surface area contributed by atoms with Crippen LogP contribution in [-0.2, 0) is 4.79 Å². The highest BCUT2D eigenvalue weighted by atomic mass is 16.1. The number of ketones is 1. The summed E-state index contributed by atoms with van der Waals surface area (Å²) in [6.07, 6.45) is 9.43. The number of rotatable bonds is 6. The molecule has 3 aliphatic heterocycles. The first-order valence-corrected chi connectivity index (χ1v) is 11.3. The van der Waals surface area contributed by atoms with Gasteiger partial charge in [0.15, 0.2) is 0 Å². The monoisotopic (exact) mass is 363 g/mol. The van der Waals surface area contributed by atoms with Crippen LogP contribution in [0.1, 0.15) is 65.7 Å². The van der Waals surface area contributed by atoms with E-state index in [1.807, 2.05) is 13.8 Å². The van der Waals surface area contributed by atoms with Gasteiger partial charge < -0.3 is 9.80 Å². The van der Waals surface area contributed by atoms with Gasteiger partial charge in [-0.2, -0.15) is 0 Å². The minimum Gasteiger partial charge on any atom is -0.300 e. The van der Waals surface area contributed by atoms with Crippen molar-refractivity contribution < 1.29 is 4.79 Å². The van der Waals surface area contributed by atoms with Crippen molar-refractivity contribution in [3.63, 3.8) is 0 Å². The zero-order valence-corrected chi connectivity index (χ0v) is 17.5. The Morgan fingerprint density at radius 1 is 0.808 bits per heavy atom. The largest absolute Gasteiger partial charge is 0.300 e. The predicted octanol–water partition coefficient (Wildman–Crippen LogP) is 3.26. The molecule has 3 aliphatic rings. The van der Waals surface area contributed by atoms with Gasteiger partial charge >= 0.3 is 0 Å². The van der Waals surface area contributed by atoms with E-state index in [1.165, 1.54) is 71.1 Å². The summed E-state index contributed by atoms with van der Waals surface area (Å²) in [6.45, 7) is 14.5. The Kier molecular flexibility index (Phi) is 7.54. The molecule has 0 aromatic rings. The van der Waals surface area contributed by atoms with E-state index in [1.54, 1.807) is 0 Å². The molecule has 0 aliphatic carbocycles. The van der Waals surface area contributed by atoms with Crippen molar-refractivity contribution in [2.45, 2.75) is 77.8 Å². The molecule has 150 valence electrons. The molecule has 3 fully saturated rings. The average molecular weight is 364 g/mol. The summed E-state index contributed by atoms with van der Waals surface area (Å²) >= 11 is 0. The third-order valence-corrected chi connectivity index (χ3v) is 7.34. The SMILES string of the molecule is CCC1CCN(C2CCN(C3CCN(CC(=O)C(C)C)CC3)CC2)CC1. The molecular weight excluding hydrogens is 322 g/mol. The van der Waals surface area contributed by atoms with Crippen molar-refractivity contribution in [3.05, 3.63) is 0 Å². The molecule has 0 bridgehead atoms. The summed E-state index contributed by atoms with van der Waals surface area (Å²) in [6, 6.07) is 1.60. The lowest BCUT2D eigenvalue weighted by molar-refractivity contribution is -0.123. The van der Waals surface area contributed by atoms with Crippen molar-refractivity contribution >= 4 is 5.78 Å². The first kappa shape index (κ1) is 20.3. The number of Topliss-reactive ketones (excluding diaryl/α,β-unsaturated/α-hetero) is 1. The van der Waals surface area contributed by atoms with Crippen molar-refractivity contribution in [1.82, 2.24) is 14.7 Å². The molecule has 0 N–H and O–H groups in total. The van der Waals surface area contributed by atoms with Crippen LogP contribution in [0.2, 0.25) is 0 Å². The van der Waals surface area contributed by atoms with Crippen LogP contribution in [-0.4, -0.2) is 78.4 Å². The van der Waals surface area contributed by atoms with Gasteiger partial charge in [-0.3, -0.25) is 9.69 Å². The third-order valence-electron chi connectivity index (χ3n) is 7.34. The maximum atomic E-state index is 12.0. The number of carbonyl (C=O) groups is 1. The molecule has 0 spiro atoms. The Morgan fingerprint density at radius 3 is 1.73 bits per heavy atom. The van der Waals surface area contributed by atoms with Gasteiger partial charge in [-0.05, 0) is 70.6 Å². The van der Waals surface area contributed by atoms with Crippen LogP contribution in [0.25, 0.3) is 0 Å². The Bertz CT molecular complexity index is 429. The van der Waals surface area contributed by atoms with Gasteiger partial charge in [0.1, 0.15) is 5.78 Å². The number of hydrogen-bond acceptors (Lipinski definition) is 4. The number of likely N-dealkylation sites (tertiary alicyclic amines) is 3. The van der Waals surface area contributed by atoms with Crippen LogP contribution < -0.4 is 0 Å². The molecule has 0 amide bonds. The van der Waals surface area contributed by atoms with Gasteiger partial charge in [0, 0.05) is 31.1 Å².